The number of thiophene rings is 1. The molecule has 0 fully saturated rings. The molecule has 0 saturated heterocycles. The molecule has 0 aliphatic rings. The highest BCUT2D eigenvalue weighted by atomic mass is 32.1. The quantitative estimate of drug-likeness (QED) is 0.762. The fourth-order valence-electron chi connectivity index (χ4n) is 1.24. The molecule has 2 heteroatoms. The molecule has 12 heavy (non-hydrogen) atoms. The van der Waals surface area contributed by atoms with Crippen molar-refractivity contribution in [2.24, 2.45) is 5.73 Å². The average molecular weight is 183 g/mol. The van der Waals surface area contributed by atoms with Gasteiger partial charge in [-0.25, -0.2) is 0 Å². The van der Waals surface area contributed by atoms with Gasteiger partial charge in [0, 0.05) is 15.8 Å². The minimum Gasteiger partial charge on any atom is -0.323 e. The summed E-state index contributed by atoms with van der Waals surface area (Å²) in [6.07, 6.45) is 3.40. The van der Waals surface area contributed by atoms with Crippen molar-refractivity contribution in [1.82, 2.24) is 0 Å². The highest BCUT2D eigenvalue weighted by Crippen LogP contribution is 2.24. The predicted octanol–water partition coefficient (Wildman–Crippen LogP) is 3.11. The third-order valence-electron chi connectivity index (χ3n) is 2.00. The molecular weight excluding hydrogens is 166 g/mol. The van der Waals surface area contributed by atoms with Gasteiger partial charge in [0.25, 0.3) is 0 Å². The van der Waals surface area contributed by atoms with Gasteiger partial charge >= 0.3 is 0 Å². The Labute approximate surface area is 78.6 Å². The second-order valence-electron chi connectivity index (χ2n) is 3.05. The zero-order valence-electron chi connectivity index (χ0n) is 7.84. The average Bonchev–Trinajstić information content (AvgIpc) is 2.52. The Morgan fingerprint density at radius 3 is 2.67 bits per heavy atom. The highest BCUT2D eigenvalue weighted by Gasteiger charge is 2.06. The largest absolute Gasteiger partial charge is 0.323 e. The third-order valence-corrected chi connectivity index (χ3v) is 3.36. The molecule has 0 radical (unpaired) electrons. The van der Waals surface area contributed by atoms with Crippen LogP contribution in [0.25, 0.3) is 0 Å². The lowest BCUT2D eigenvalue weighted by atomic mass is 10.1. The maximum absolute atomic E-state index is 5.98. The van der Waals surface area contributed by atoms with E-state index in [0.29, 0.717) is 0 Å². The van der Waals surface area contributed by atoms with Gasteiger partial charge in [0.15, 0.2) is 0 Å². The Balaban J connectivity index is 2.61. The first-order valence-electron chi connectivity index (χ1n) is 4.62. The van der Waals surface area contributed by atoms with Gasteiger partial charge in [-0.15, -0.1) is 11.3 Å². The van der Waals surface area contributed by atoms with E-state index in [1.54, 1.807) is 0 Å². The van der Waals surface area contributed by atoms with Crippen LogP contribution in [-0.4, -0.2) is 0 Å². The monoisotopic (exact) mass is 183 g/mol. The van der Waals surface area contributed by atoms with Crippen molar-refractivity contribution in [1.29, 1.82) is 0 Å². The normalized spacial score (nSPS) is 13.2. The van der Waals surface area contributed by atoms with Crippen LogP contribution in [0.5, 0.6) is 0 Å². The van der Waals surface area contributed by atoms with Gasteiger partial charge in [-0.2, -0.15) is 0 Å². The molecule has 1 rings (SSSR count). The molecule has 0 bridgehead atoms. The van der Waals surface area contributed by atoms with Crippen molar-refractivity contribution in [2.75, 3.05) is 0 Å². The van der Waals surface area contributed by atoms with Crippen molar-refractivity contribution < 1.29 is 0 Å². The smallest absolute Gasteiger partial charge is 0.0389 e. The summed E-state index contributed by atoms with van der Waals surface area (Å²) in [5.41, 5.74) is 5.98. The van der Waals surface area contributed by atoms with Crippen molar-refractivity contribution in [3.8, 4) is 0 Å². The summed E-state index contributed by atoms with van der Waals surface area (Å²) < 4.78 is 0. The van der Waals surface area contributed by atoms with E-state index in [1.165, 1.54) is 16.2 Å². The molecule has 1 atom stereocenters. The molecule has 0 aliphatic heterocycles. The van der Waals surface area contributed by atoms with Crippen LogP contribution < -0.4 is 5.73 Å². The Hall–Kier alpha value is -0.340. The first-order valence-corrected chi connectivity index (χ1v) is 5.43. The Kier molecular flexibility index (Phi) is 3.76. The van der Waals surface area contributed by atoms with Gasteiger partial charge < -0.3 is 5.73 Å². The summed E-state index contributed by atoms with van der Waals surface area (Å²) >= 11 is 1.86. The number of aryl methyl sites for hydroxylation is 1. The summed E-state index contributed by atoms with van der Waals surface area (Å²) in [6.45, 7) is 4.36. The van der Waals surface area contributed by atoms with E-state index in [-0.39, 0.29) is 6.04 Å². The zero-order valence-corrected chi connectivity index (χ0v) is 8.66. The van der Waals surface area contributed by atoms with Crippen LogP contribution in [0.3, 0.4) is 0 Å². The lowest BCUT2D eigenvalue weighted by molar-refractivity contribution is 0.648. The predicted molar refractivity (Wildman–Crippen MR) is 55.5 cm³/mol. The minimum absolute atomic E-state index is 0.264. The Morgan fingerprint density at radius 1 is 1.42 bits per heavy atom. The van der Waals surface area contributed by atoms with Crippen molar-refractivity contribution >= 4 is 11.3 Å². The molecular formula is C10H17NS. The number of hydrogen-bond donors (Lipinski definition) is 1. The number of hydrogen-bond acceptors (Lipinski definition) is 2. The van der Waals surface area contributed by atoms with Crippen LogP contribution >= 0.6 is 11.3 Å². The van der Waals surface area contributed by atoms with Crippen LogP contribution in [0.2, 0.25) is 0 Å². The van der Waals surface area contributed by atoms with E-state index < -0.39 is 0 Å². The standard InChI is InChI=1S/C10H17NS/c1-3-5-9(11)10-7-6-8(4-2)12-10/h6-7,9H,3-5,11H2,1-2H3/t9-/m0/s1. The molecule has 0 unspecified atom stereocenters. The molecule has 1 nitrogen and oxygen atoms in total. The van der Waals surface area contributed by atoms with Crippen molar-refractivity contribution in [3.05, 3.63) is 21.9 Å². The third kappa shape index (κ3) is 2.32. The lowest BCUT2D eigenvalue weighted by Gasteiger charge is -2.06. The van der Waals surface area contributed by atoms with Crippen LogP contribution in [0.1, 0.15) is 42.5 Å². The maximum atomic E-state index is 5.98. The zero-order chi connectivity index (χ0) is 8.97. The van der Waals surface area contributed by atoms with Crippen LogP contribution in [-0.2, 0) is 6.42 Å². The lowest BCUT2D eigenvalue weighted by Crippen LogP contribution is -2.07. The second kappa shape index (κ2) is 4.63. The minimum atomic E-state index is 0.264. The van der Waals surface area contributed by atoms with E-state index in [2.05, 4.69) is 26.0 Å². The van der Waals surface area contributed by atoms with E-state index in [9.17, 15) is 0 Å². The molecule has 68 valence electrons. The summed E-state index contributed by atoms with van der Waals surface area (Å²) in [6, 6.07) is 4.62. The van der Waals surface area contributed by atoms with Crippen molar-refractivity contribution in [2.45, 2.75) is 39.2 Å². The van der Waals surface area contributed by atoms with Crippen molar-refractivity contribution in [3.63, 3.8) is 0 Å². The second-order valence-corrected chi connectivity index (χ2v) is 4.25. The van der Waals surface area contributed by atoms with Gasteiger partial charge in [-0.05, 0) is 25.0 Å². The fourth-order valence-corrected chi connectivity index (χ4v) is 2.23. The number of rotatable bonds is 4. The van der Waals surface area contributed by atoms with Gasteiger partial charge in [-0.1, -0.05) is 20.3 Å². The molecule has 1 aromatic heterocycles. The first kappa shape index (κ1) is 9.75. The fraction of sp³-hybridized carbons (Fsp3) is 0.600. The topological polar surface area (TPSA) is 26.0 Å². The van der Waals surface area contributed by atoms with Crippen LogP contribution in [0.4, 0.5) is 0 Å². The van der Waals surface area contributed by atoms with E-state index >= 15 is 0 Å². The Bertz CT molecular complexity index is 229. The molecule has 0 saturated carbocycles. The molecule has 0 spiro atoms. The number of nitrogens with two attached hydrogens (primary N) is 1. The van der Waals surface area contributed by atoms with Gasteiger partial charge in [0.05, 0.1) is 0 Å². The first-order chi connectivity index (χ1) is 5.77. The molecule has 1 heterocycles. The maximum Gasteiger partial charge on any atom is 0.0389 e. The van der Waals surface area contributed by atoms with Gasteiger partial charge in [-0.3, -0.25) is 0 Å². The molecule has 2 N–H and O–H groups in total. The summed E-state index contributed by atoms with van der Waals surface area (Å²) in [5, 5.41) is 0. The van der Waals surface area contributed by atoms with Crippen LogP contribution in [0.15, 0.2) is 12.1 Å². The highest BCUT2D eigenvalue weighted by molar-refractivity contribution is 7.12. The summed E-state index contributed by atoms with van der Waals surface area (Å²) in [7, 11) is 0. The van der Waals surface area contributed by atoms with E-state index in [0.717, 1.165) is 12.8 Å². The molecule has 1 aromatic rings. The van der Waals surface area contributed by atoms with Gasteiger partial charge in [0.1, 0.15) is 0 Å². The van der Waals surface area contributed by atoms with E-state index in [1.807, 2.05) is 11.3 Å². The van der Waals surface area contributed by atoms with E-state index in [4.69, 9.17) is 5.73 Å². The van der Waals surface area contributed by atoms with Gasteiger partial charge in [0.2, 0.25) is 0 Å². The summed E-state index contributed by atoms with van der Waals surface area (Å²) in [5.74, 6) is 0. The molecule has 0 aromatic carbocycles. The Morgan fingerprint density at radius 2 is 2.17 bits per heavy atom. The molecule has 0 amide bonds. The SMILES string of the molecule is CCC[C@H](N)c1ccc(CC)s1. The molecule has 0 aliphatic carbocycles. The summed E-state index contributed by atoms with van der Waals surface area (Å²) in [4.78, 5) is 2.78. The van der Waals surface area contributed by atoms with Crippen LogP contribution in [0, 0.1) is 0 Å².